The molecular formula is C37H43BrN4O7. The summed E-state index contributed by atoms with van der Waals surface area (Å²) < 4.78 is 12.8. The Morgan fingerprint density at radius 1 is 1.02 bits per heavy atom. The monoisotopic (exact) mass is 734 g/mol. The van der Waals surface area contributed by atoms with E-state index in [1.165, 1.54) is 4.90 Å². The van der Waals surface area contributed by atoms with E-state index in [9.17, 15) is 19.5 Å². The summed E-state index contributed by atoms with van der Waals surface area (Å²) in [6.07, 6.45) is 5.12. The Morgan fingerprint density at radius 3 is 2.41 bits per heavy atom. The number of allylic oxidation sites excluding steroid dienone is 1. The van der Waals surface area contributed by atoms with Gasteiger partial charge < -0.3 is 34.6 Å². The number of halogens is 1. The lowest BCUT2D eigenvalue weighted by atomic mass is 9.74. The van der Waals surface area contributed by atoms with Crippen LogP contribution in [-0.2, 0) is 28.7 Å². The highest BCUT2D eigenvalue weighted by molar-refractivity contribution is 9.11. The van der Waals surface area contributed by atoms with E-state index in [-0.39, 0.29) is 26.2 Å². The fraction of sp³-hybridized carbons (Fsp3) is 0.459. The molecule has 2 saturated heterocycles. The smallest absolute Gasteiger partial charge is 0.306 e. The van der Waals surface area contributed by atoms with E-state index in [0.29, 0.717) is 16.6 Å². The molecule has 1 spiro atoms. The number of fused-ring (bicyclic) bond motifs is 2. The van der Waals surface area contributed by atoms with E-state index in [2.05, 4.69) is 40.0 Å². The van der Waals surface area contributed by atoms with Crippen molar-refractivity contribution in [2.45, 2.75) is 63.4 Å². The molecule has 2 N–H and O–H groups in total. The van der Waals surface area contributed by atoms with Crippen molar-refractivity contribution in [3.63, 3.8) is 0 Å². The van der Waals surface area contributed by atoms with Crippen molar-refractivity contribution < 1.29 is 33.8 Å². The highest BCUT2D eigenvalue weighted by Crippen LogP contribution is 2.59. The summed E-state index contributed by atoms with van der Waals surface area (Å²) in [5.74, 6) is -3.73. The Hall–Kier alpha value is -4.00. The predicted molar refractivity (Wildman–Crippen MR) is 188 cm³/mol. The topological polar surface area (TPSA) is 129 Å². The van der Waals surface area contributed by atoms with Crippen molar-refractivity contribution in [1.29, 1.82) is 0 Å². The third-order valence-electron chi connectivity index (χ3n) is 10.1. The van der Waals surface area contributed by atoms with Gasteiger partial charge in [-0.1, -0.05) is 58.4 Å². The van der Waals surface area contributed by atoms with Crippen LogP contribution in [0.25, 0.3) is 0 Å². The van der Waals surface area contributed by atoms with Gasteiger partial charge in [-0.2, -0.15) is 0 Å². The number of nitrogens with zero attached hydrogens (tertiary/aromatic N) is 3. The molecule has 260 valence electrons. The molecule has 11 nitrogen and oxygen atoms in total. The van der Waals surface area contributed by atoms with Gasteiger partial charge in [-0.15, -0.1) is 0 Å². The summed E-state index contributed by atoms with van der Waals surface area (Å²) in [5.41, 5.74) is 0.897. The molecule has 0 aliphatic carbocycles. The number of cyclic esters (lactones) is 1. The highest BCUT2D eigenvalue weighted by atomic mass is 79.9. The number of likely N-dealkylation sites (tertiary alicyclic amines) is 1. The number of aliphatic hydroxyl groups excluding tert-OH is 1. The number of esters is 1. The second kappa shape index (κ2) is 14.5. The van der Waals surface area contributed by atoms with Crippen LogP contribution < -0.4 is 15.1 Å². The number of carbonyl (C=O) groups excluding carboxylic acids is 4. The van der Waals surface area contributed by atoms with Gasteiger partial charge in [0.2, 0.25) is 11.8 Å². The molecule has 4 aliphatic heterocycles. The molecule has 4 aliphatic rings. The summed E-state index contributed by atoms with van der Waals surface area (Å²) in [6, 6.07) is 14.3. The second-order valence-corrected chi connectivity index (χ2v) is 13.8. The quantitative estimate of drug-likeness (QED) is 0.324. The first-order chi connectivity index (χ1) is 23.6. The van der Waals surface area contributed by atoms with Gasteiger partial charge >= 0.3 is 5.97 Å². The van der Waals surface area contributed by atoms with Gasteiger partial charge in [0.1, 0.15) is 24.4 Å². The molecule has 6 rings (SSSR count). The third-order valence-corrected chi connectivity index (χ3v) is 10.8. The number of carbonyl (C=O) groups is 4. The van der Waals surface area contributed by atoms with Gasteiger partial charge in [-0.3, -0.25) is 19.2 Å². The third kappa shape index (κ3) is 6.30. The van der Waals surface area contributed by atoms with Gasteiger partial charge in [-0.05, 0) is 63.1 Å². The summed E-state index contributed by atoms with van der Waals surface area (Å²) in [4.78, 5) is 61.8. The first kappa shape index (κ1) is 34.8. The van der Waals surface area contributed by atoms with Crippen molar-refractivity contribution in [3.05, 3.63) is 82.9 Å². The number of ether oxygens (including phenoxy) is 2. The fourth-order valence-corrected chi connectivity index (χ4v) is 8.36. The van der Waals surface area contributed by atoms with E-state index in [4.69, 9.17) is 9.47 Å². The zero-order chi connectivity index (χ0) is 34.9. The maximum Gasteiger partial charge on any atom is 0.306 e. The highest BCUT2D eigenvalue weighted by Gasteiger charge is 2.75. The van der Waals surface area contributed by atoms with Crippen LogP contribution in [0.3, 0.4) is 0 Å². The maximum absolute atomic E-state index is 15.0. The number of hydrogen-bond acceptors (Lipinski definition) is 8. The normalized spacial score (nSPS) is 30.1. The van der Waals surface area contributed by atoms with Crippen LogP contribution in [0.4, 0.5) is 11.4 Å². The van der Waals surface area contributed by atoms with Crippen molar-refractivity contribution in [3.8, 4) is 0 Å². The lowest BCUT2D eigenvalue weighted by Gasteiger charge is -2.37. The molecule has 4 heterocycles. The molecule has 3 amide bonds. The maximum atomic E-state index is 15.0. The van der Waals surface area contributed by atoms with E-state index in [0.717, 1.165) is 24.3 Å². The number of aliphatic hydroxyl groups is 1. The van der Waals surface area contributed by atoms with Crippen LogP contribution in [0.5, 0.6) is 0 Å². The summed E-state index contributed by atoms with van der Waals surface area (Å²) in [6.45, 7) is 7.17. The Labute approximate surface area is 295 Å². The van der Waals surface area contributed by atoms with Crippen molar-refractivity contribution >= 4 is 51.0 Å². The molecule has 2 aromatic rings. The largest absolute Gasteiger partial charge is 0.463 e. The number of hydrogen-bond donors (Lipinski definition) is 2. The lowest BCUT2D eigenvalue weighted by Crippen LogP contribution is -2.58. The van der Waals surface area contributed by atoms with E-state index in [1.807, 2.05) is 66.7 Å². The number of nitrogens with one attached hydrogen (secondary N) is 1. The zero-order valence-corrected chi connectivity index (χ0v) is 29.5. The zero-order valence-electron chi connectivity index (χ0n) is 28.0. The Bertz CT molecular complexity index is 1630. The van der Waals surface area contributed by atoms with Gasteiger partial charge in [0, 0.05) is 41.9 Å². The van der Waals surface area contributed by atoms with Crippen LogP contribution in [0, 0.1) is 11.8 Å². The molecule has 5 bridgehead atoms. The Balaban J connectivity index is 1.44. The molecule has 2 aromatic carbocycles. The molecule has 0 saturated carbocycles. The first-order valence-electron chi connectivity index (χ1n) is 17.0. The molecule has 12 heteroatoms. The molecule has 0 unspecified atom stereocenters. The predicted octanol–water partition coefficient (Wildman–Crippen LogP) is 3.87. The van der Waals surface area contributed by atoms with Crippen LogP contribution in [0.15, 0.2) is 77.3 Å². The lowest BCUT2D eigenvalue weighted by molar-refractivity contribution is -0.146. The minimum atomic E-state index is -1.46. The number of benzene rings is 2. The average Bonchev–Trinajstić information content (AvgIpc) is 3.71. The van der Waals surface area contributed by atoms with Gasteiger partial charge in [-0.25, -0.2) is 0 Å². The number of rotatable bonds is 7. The van der Waals surface area contributed by atoms with Gasteiger partial charge in [0.25, 0.3) is 5.91 Å². The minimum Gasteiger partial charge on any atom is -0.463 e. The minimum absolute atomic E-state index is 0.0939. The summed E-state index contributed by atoms with van der Waals surface area (Å²) in [5, 5.41) is 13.4. The molecule has 7 atom stereocenters. The second-order valence-electron chi connectivity index (χ2n) is 12.9. The summed E-state index contributed by atoms with van der Waals surface area (Å²) >= 11 is 3.60. The van der Waals surface area contributed by atoms with Crippen LogP contribution in [0.1, 0.15) is 45.2 Å². The van der Waals surface area contributed by atoms with Gasteiger partial charge in [0.15, 0.2) is 0 Å². The molecule has 0 radical (unpaired) electrons. The molecule has 0 aromatic heterocycles. The van der Waals surface area contributed by atoms with E-state index in [1.54, 1.807) is 17.9 Å². The Morgan fingerprint density at radius 2 is 1.73 bits per heavy atom. The number of amides is 3. The van der Waals surface area contributed by atoms with Crippen molar-refractivity contribution in [1.82, 2.24) is 10.2 Å². The van der Waals surface area contributed by atoms with Crippen molar-refractivity contribution in [2.75, 3.05) is 42.6 Å². The standard InChI is InChI=1S/C37H43BrN4O7/c1-4-40(5-2)25-15-17-26(18-16-25)41-19-11-7-10-14-29(44)48-22-28(24-12-8-6-9-13-24)39-34(45)30-31-35(46)42(23(3)21-43)33(36(41)47)37(31)20-27(38)32(30)49-37/h6-9,11-13,15-18,20,23,28,30-33,43H,4-5,10,14,19,21-22H2,1-3H3,(H,39,45)/b11-7-/t23-,28+,30+,31-,32+,33+,37-/m1/s1. The van der Waals surface area contributed by atoms with Gasteiger partial charge in [0.05, 0.1) is 30.5 Å². The summed E-state index contributed by atoms with van der Waals surface area (Å²) in [7, 11) is 0. The van der Waals surface area contributed by atoms with Crippen LogP contribution >= 0.6 is 15.9 Å². The van der Waals surface area contributed by atoms with E-state index >= 15 is 4.79 Å². The van der Waals surface area contributed by atoms with E-state index < -0.39 is 65.4 Å². The van der Waals surface area contributed by atoms with Crippen LogP contribution in [-0.4, -0.2) is 90.3 Å². The fourth-order valence-electron chi connectivity index (χ4n) is 7.62. The SMILES string of the molecule is CCN(CC)c1ccc(N2C/C=C\CCC(=O)OC[C@@H](c3ccccc3)NC(=O)[C@@H]3[C@H]4O[C@@]5(C=C4Br)[C@H](C2=O)N([C@H](C)CO)C(=O)[C@@H]35)cc1. The molecule has 2 fully saturated rings. The first-order valence-corrected chi connectivity index (χ1v) is 17.8. The average molecular weight is 736 g/mol. The molecule has 49 heavy (non-hydrogen) atoms. The Kier molecular flexibility index (Phi) is 10.3. The van der Waals surface area contributed by atoms with Crippen LogP contribution in [0.2, 0.25) is 0 Å². The van der Waals surface area contributed by atoms with Crippen molar-refractivity contribution in [2.24, 2.45) is 11.8 Å². The number of anilines is 2. The molecular weight excluding hydrogens is 692 g/mol.